The summed E-state index contributed by atoms with van der Waals surface area (Å²) in [7, 11) is 0. The van der Waals surface area contributed by atoms with E-state index in [2.05, 4.69) is 0 Å². The lowest BCUT2D eigenvalue weighted by molar-refractivity contribution is -0.00169. The van der Waals surface area contributed by atoms with Crippen molar-refractivity contribution in [1.29, 1.82) is 0 Å². The Bertz CT molecular complexity index is 1370. The van der Waals surface area contributed by atoms with Crippen LogP contribution in [0.3, 0.4) is 0 Å². The lowest BCUT2D eigenvalue weighted by Crippen LogP contribution is -2.34. The maximum Gasteiger partial charge on any atom is 0.340 e. The molecule has 0 aromatic heterocycles. The van der Waals surface area contributed by atoms with Crippen LogP contribution in [0.2, 0.25) is 0 Å². The number of carbonyl (C=O) groups is 5. The van der Waals surface area contributed by atoms with Crippen molar-refractivity contribution in [3.63, 3.8) is 0 Å². The second kappa shape index (κ2) is 12.1. The lowest BCUT2D eigenvalue weighted by atomic mass is 9.87. The molecule has 228 valence electrons. The Morgan fingerprint density at radius 3 is 1.17 bits per heavy atom. The number of hydrogen-bond donors (Lipinski definition) is 0. The minimum atomic E-state index is -1.13. The van der Waals surface area contributed by atoms with Crippen LogP contribution in [-0.2, 0) is 18.9 Å². The van der Waals surface area contributed by atoms with Crippen molar-refractivity contribution in [3.05, 3.63) is 69.8 Å². The van der Waals surface area contributed by atoms with E-state index >= 15 is 0 Å². The van der Waals surface area contributed by atoms with E-state index in [1.807, 2.05) is 0 Å². The predicted molar refractivity (Wildman–Crippen MR) is 157 cm³/mol. The Hall–Kier alpha value is -4.01. The zero-order valence-corrected chi connectivity index (χ0v) is 26.6. The van der Waals surface area contributed by atoms with Gasteiger partial charge in [-0.05, 0) is 89.2 Å². The molecule has 0 amide bonds. The molecule has 0 spiro atoms. The maximum absolute atomic E-state index is 13.9. The number of ketones is 1. The highest BCUT2D eigenvalue weighted by molar-refractivity contribution is 6.22. The van der Waals surface area contributed by atoms with Gasteiger partial charge in [0.1, 0.15) is 22.4 Å². The molecule has 0 fully saturated rings. The fourth-order valence-corrected chi connectivity index (χ4v) is 3.72. The second-order valence-electron chi connectivity index (χ2n) is 13.8. The third kappa shape index (κ3) is 9.53. The molecule has 0 saturated heterocycles. The molecule has 9 heteroatoms. The minimum Gasteiger partial charge on any atom is -0.456 e. The summed E-state index contributed by atoms with van der Waals surface area (Å²) in [6, 6.07) is 9.07. The number of benzene rings is 2. The van der Waals surface area contributed by atoms with Crippen molar-refractivity contribution < 1.29 is 42.9 Å². The summed E-state index contributed by atoms with van der Waals surface area (Å²) in [5.74, 6) is -4.99. The lowest BCUT2D eigenvalue weighted by Gasteiger charge is -2.27. The van der Waals surface area contributed by atoms with Crippen LogP contribution in [0, 0.1) is 0 Å². The van der Waals surface area contributed by atoms with Gasteiger partial charge in [0.15, 0.2) is 5.78 Å². The third-order valence-corrected chi connectivity index (χ3v) is 5.04. The van der Waals surface area contributed by atoms with E-state index in [9.17, 15) is 24.0 Å². The van der Waals surface area contributed by atoms with Gasteiger partial charge in [0.2, 0.25) is 0 Å². The summed E-state index contributed by atoms with van der Waals surface area (Å²) >= 11 is 0. The standard InChI is InChI=1S/C33H42O9/c1-30(2,3)39-26(35)21-18-20(25(34)19-16-14-13-15-17-19)22(27(36)40-31(4,5)6)24(29(38)42-33(10,11)12)23(21)28(37)41-32(7,8)9/h13-18H,1-12H3. The van der Waals surface area contributed by atoms with Crippen LogP contribution in [0.5, 0.6) is 0 Å². The van der Waals surface area contributed by atoms with E-state index in [4.69, 9.17) is 18.9 Å². The fraction of sp³-hybridized carbons (Fsp3) is 0.485. The van der Waals surface area contributed by atoms with Gasteiger partial charge in [-0.15, -0.1) is 0 Å². The van der Waals surface area contributed by atoms with Crippen LogP contribution in [0.4, 0.5) is 0 Å². The number of ether oxygens (including phenoxy) is 4. The second-order valence-corrected chi connectivity index (χ2v) is 13.8. The van der Waals surface area contributed by atoms with E-state index in [0.717, 1.165) is 6.07 Å². The molecule has 0 bridgehead atoms. The summed E-state index contributed by atoms with van der Waals surface area (Å²) in [5.41, 5.74) is -6.55. The van der Waals surface area contributed by atoms with Crippen LogP contribution < -0.4 is 0 Å². The monoisotopic (exact) mass is 582 g/mol. The molecule has 2 aromatic rings. The minimum absolute atomic E-state index is 0.164. The molecular weight excluding hydrogens is 540 g/mol. The number of rotatable bonds is 6. The highest BCUT2D eigenvalue weighted by Crippen LogP contribution is 2.32. The highest BCUT2D eigenvalue weighted by Gasteiger charge is 2.40. The molecule has 0 radical (unpaired) electrons. The zero-order valence-electron chi connectivity index (χ0n) is 26.6. The first-order valence-corrected chi connectivity index (χ1v) is 13.6. The average Bonchev–Trinajstić information content (AvgIpc) is 2.78. The van der Waals surface area contributed by atoms with Gasteiger partial charge < -0.3 is 18.9 Å². The number of carbonyl (C=O) groups excluding carboxylic acids is 5. The average molecular weight is 583 g/mol. The quantitative estimate of drug-likeness (QED) is 0.207. The summed E-state index contributed by atoms with van der Waals surface area (Å²) in [5, 5.41) is 0. The van der Waals surface area contributed by atoms with Crippen molar-refractivity contribution in [2.75, 3.05) is 0 Å². The van der Waals surface area contributed by atoms with E-state index in [1.54, 1.807) is 101 Å². The first-order chi connectivity index (χ1) is 18.9. The summed E-state index contributed by atoms with van der Waals surface area (Å²) in [4.78, 5) is 69.1. The zero-order chi connectivity index (χ0) is 32.4. The van der Waals surface area contributed by atoms with Gasteiger partial charge in [-0.3, -0.25) is 4.79 Å². The van der Waals surface area contributed by atoms with Crippen LogP contribution in [0.25, 0.3) is 0 Å². The van der Waals surface area contributed by atoms with Crippen molar-refractivity contribution in [2.45, 2.75) is 105 Å². The largest absolute Gasteiger partial charge is 0.456 e. The van der Waals surface area contributed by atoms with Gasteiger partial charge >= 0.3 is 23.9 Å². The third-order valence-electron chi connectivity index (χ3n) is 5.04. The van der Waals surface area contributed by atoms with Crippen molar-refractivity contribution in [3.8, 4) is 0 Å². The van der Waals surface area contributed by atoms with Crippen molar-refractivity contribution in [1.82, 2.24) is 0 Å². The maximum atomic E-state index is 13.9. The molecule has 9 nitrogen and oxygen atoms in total. The normalized spacial score (nSPS) is 12.3. The first kappa shape index (κ1) is 34.2. The Morgan fingerprint density at radius 1 is 0.452 bits per heavy atom. The van der Waals surface area contributed by atoms with Gasteiger partial charge in [-0.25, -0.2) is 19.2 Å². The number of hydrogen-bond acceptors (Lipinski definition) is 9. The molecule has 42 heavy (non-hydrogen) atoms. The molecule has 0 saturated carbocycles. The Kier molecular flexibility index (Phi) is 9.83. The summed E-state index contributed by atoms with van der Waals surface area (Å²) in [6.45, 7) is 19.3. The molecule has 2 aromatic carbocycles. The van der Waals surface area contributed by atoms with Crippen LogP contribution in [-0.4, -0.2) is 52.1 Å². The SMILES string of the molecule is CC(C)(C)OC(=O)c1cc(C(=O)c2ccccc2)c(C(=O)OC(C)(C)C)c(C(=O)OC(C)(C)C)c1C(=O)OC(C)(C)C. The van der Waals surface area contributed by atoms with Crippen LogP contribution >= 0.6 is 0 Å². The Labute approximate surface area is 247 Å². The van der Waals surface area contributed by atoms with Gasteiger partial charge in [-0.1, -0.05) is 30.3 Å². The van der Waals surface area contributed by atoms with Crippen LogP contribution in [0.15, 0.2) is 36.4 Å². The Balaban J connectivity index is 3.20. The van der Waals surface area contributed by atoms with E-state index < -0.39 is 74.3 Å². The summed E-state index contributed by atoms with van der Waals surface area (Å²) in [6.07, 6.45) is 0. The van der Waals surface area contributed by atoms with Crippen molar-refractivity contribution >= 4 is 29.7 Å². The highest BCUT2D eigenvalue weighted by atomic mass is 16.6. The van der Waals surface area contributed by atoms with Crippen molar-refractivity contribution in [2.24, 2.45) is 0 Å². The number of esters is 4. The predicted octanol–water partition coefficient (Wildman–Crippen LogP) is 6.74. The van der Waals surface area contributed by atoms with Gasteiger partial charge in [0.05, 0.1) is 22.3 Å². The fourth-order valence-electron chi connectivity index (χ4n) is 3.72. The molecule has 0 aliphatic rings. The van der Waals surface area contributed by atoms with E-state index in [-0.39, 0.29) is 11.1 Å². The molecule has 0 unspecified atom stereocenters. The summed E-state index contributed by atoms with van der Waals surface area (Å²) < 4.78 is 22.4. The molecule has 0 aliphatic heterocycles. The first-order valence-electron chi connectivity index (χ1n) is 13.6. The molecule has 0 N–H and O–H groups in total. The molecule has 2 rings (SSSR count). The van der Waals surface area contributed by atoms with E-state index in [0.29, 0.717) is 0 Å². The van der Waals surface area contributed by atoms with Crippen LogP contribution in [0.1, 0.15) is 140 Å². The molecule has 0 heterocycles. The Morgan fingerprint density at radius 2 is 0.786 bits per heavy atom. The molecule has 0 atom stereocenters. The molecular formula is C33H42O9. The topological polar surface area (TPSA) is 122 Å². The van der Waals surface area contributed by atoms with E-state index in [1.165, 1.54) is 12.1 Å². The smallest absolute Gasteiger partial charge is 0.340 e. The molecule has 0 aliphatic carbocycles. The van der Waals surface area contributed by atoms with Gasteiger partial charge in [0.25, 0.3) is 0 Å². The van der Waals surface area contributed by atoms with Gasteiger partial charge in [0, 0.05) is 11.1 Å². The van der Waals surface area contributed by atoms with Gasteiger partial charge in [-0.2, -0.15) is 0 Å².